The van der Waals surface area contributed by atoms with Gasteiger partial charge in [0.05, 0.1) is 5.41 Å². The van der Waals surface area contributed by atoms with Crippen molar-refractivity contribution in [1.29, 1.82) is 0 Å². The molecule has 5 rings (SSSR count). The zero-order valence-corrected chi connectivity index (χ0v) is 17.5. The molecular weight excluding hydrogens is 380 g/mol. The first-order valence-electron chi connectivity index (χ1n) is 10.5. The number of hydrogen-bond donors (Lipinski definition) is 2. The molecule has 2 N–H and O–H groups in total. The molecule has 2 heteroatoms. The standard InChI is InChI=1S/C29H24O2/c1-3-8-20-18-22(14-16-28(20)31)29(21-13-15-27(30)19(2)17-21)25-11-6-4-9-23(25)24-10-5-7-12-26(24)29/h3-7,9-18,30-31H,1,8H2,2H3. The molecule has 1 aliphatic carbocycles. The van der Waals surface area contributed by atoms with Crippen LogP contribution in [0.5, 0.6) is 11.5 Å². The average molecular weight is 405 g/mol. The second-order valence-electron chi connectivity index (χ2n) is 8.18. The van der Waals surface area contributed by atoms with Crippen LogP contribution in [-0.2, 0) is 11.8 Å². The maximum absolute atomic E-state index is 10.5. The van der Waals surface area contributed by atoms with Crippen LogP contribution in [0, 0.1) is 6.92 Å². The summed E-state index contributed by atoms with van der Waals surface area (Å²) in [6, 6.07) is 28.8. The van der Waals surface area contributed by atoms with Gasteiger partial charge in [-0.1, -0.05) is 78.9 Å². The fraction of sp³-hybridized carbons (Fsp3) is 0.103. The van der Waals surface area contributed by atoms with Crippen LogP contribution in [0.4, 0.5) is 0 Å². The first-order valence-corrected chi connectivity index (χ1v) is 10.5. The fourth-order valence-electron chi connectivity index (χ4n) is 5.05. The van der Waals surface area contributed by atoms with Crippen LogP contribution in [0.3, 0.4) is 0 Å². The van der Waals surface area contributed by atoms with Crippen LogP contribution in [0.15, 0.2) is 97.6 Å². The van der Waals surface area contributed by atoms with E-state index in [0.717, 1.165) is 22.3 Å². The van der Waals surface area contributed by atoms with Gasteiger partial charge in [-0.2, -0.15) is 0 Å². The van der Waals surface area contributed by atoms with Crippen molar-refractivity contribution in [2.24, 2.45) is 0 Å². The highest BCUT2D eigenvalue weighted by Gasteiger charge is 2.46. The zero-order valence-electron chi connectivity index (χ0n) is 17.5. The summed E-state index contributed by atoms with van der Waals surface area (Å²) in [5, 5.41) is 20.7. The van der Waals surface area contributed by atoms with E-state index in [4.69, 9.17) is 0 Å². The quantitative estimate of drug-likeness (QED) is 0.336. The molecule has 2 nitrogen and oxygen atoms in total. The molecule has 0 atom stereocenters. The van der Waals surface area contributed by atoms with Gasteiger partial charge in [0.25, 0.3) is 0 Å². The Morgan fingerprint density at radius 1 is 0.742 bits per heavy atom. The van der Waals surface area contributed by atoms with Crippen molar-refractivity contribution >= 4 is 0 Å². The van der Waals surface area contributed by atoms with Crippen molar-refractivity contribution in [3.8, 4) is 22.6 Å². The molecule has 152 valence electrons. The van der Waals surface area contributed by atoms with E-state index in [2.05, 4.69) is 67.2 Å². The molecule has 0 bridgehead atoms. The lowest BCUT2D eigenvalue weighted by atomic mass is 9.67. The summed E-state index contributed by atoms with van der Waals surface area (Å²) in [4.78, 5) is 0. The molecule has 0 amide bonds. The Kier molecular flexibility index (Phi) is 4.44. The Morgan fingerprint density at radius 2 is 1.29 bits per heavy atom. The van der Waals surface area contributed by atoms with E-state index >= 15 is 0 Å². The predicted octanol–water partition coefficient (Wildman–Crippen LogP) is 6.50. The number of rotatable bonds is 4. The van der Waals surface area contributed by atoms with Crippen molar-refractivity contribution in [3.05, 3.63) is 131 Å². The summed E-state index contributed by atoms with van der Waals surface area (Å²) in [7, 11) is 0. The molecule has 0 saturated heterocycles. The maximum Gasteiger partial charge on any atom is 0.119 e. The number of hydrogen-bond acceptors (Lipinski definition) is 2. The van der Waals surface area contributed by atoms with E-state index in [1.165, 1.54) is 22.3 Å². The summed E-state index contributed by atoms with van der Waals surface area (Å²) < 4.78 is 0. The Hall–Kier alpha value is -3.78. The monoisotopic (exact) mass is 404 g/mol. The minimum atomic E-state index is -0.546. The number of phenols is 2. The Balaban J connectivity index is 1.94. The third-order valence-corrected chi connectivity index (χ3v) is 6.46. The summed E-state index contributed by atoms with van der Waals surface area (Å²) in [5.41, 5.74) is 8.15. The van der Waals surface area contributed by atoms with E-state index in [1.807, 2.05) is 25.1 Å². The van der Waals surface area contributed by atoms with Crippen molar-refractivity contribution in [2.75, 3.05) is 0 Å². The van der Waals surface area contributed by atoms with Gasteiger partial charge < -0.3 is 10.2 Å². The molecule has 0 heterocycles. The highest BCUT2D eigenvalue weighted by atomic mass is 16.3. The number of fused-ring (bicyclic) bond motifs is 3. The first kappa shape index (κ1) is 19.2. The molecule has 0 saturated carbocycles. The van der Waals surface area contributed by atoms with Crippen molar-refractivity contribution in [3.63, 3.8) is 0 Å². The van der Waals surface area contributed by atoms with Gasteiger partial charge in [-0.25, -0.2) is 0 Å². The summed E-state index contributed by atoms with van der Waals surface area (Å²) in [6.07, 6.45) is 2.40. The number of benzene rings is 4. The second kappa shape index (κ2) is 7.17. The van der Waals surface area contributed by atoms with E-state index in [0.29, 0.717) is 6.42 Å². The highest BCUT2D eigenvalue weighted by Crippen LogP contribution is 2.56. The van der Waals surface area contributed by atoms with Gasteiger partial charge in [0.15, 0.2) is 0 Å². The van der Waals surface area contributed by atoms with E-state index in [-0.39, 0.29) is 11.5 Å². The number of aryl methyl sites for hydroxylation is 1. The highest BCUT2D eigenvalue weighted by molar-refractivity contribution is 5.86. The minimum Gasteiger partial charge on any atom is -0.508 e. The molecule has 4 aromatic carbocycles. The van der Waals surface area contributed by atoms with Crippen LogP contribution < -0.4 is 0 Å². The number of aromatic hydroxyl groups is 2. The van der Waals surface area contributed by atoms with Crippen LogP contribution >= 0.6 is 0 Å². The molecule has 0 fully saturated rings. The van der Waals surface area contributed by atoms with Gasteiger partial charge in [-0.05, 0) is 70.0 Å². The maximum atomic E-state index is 10.5. The molecule has 31 heavy (non-hydrogen) atoms. The van der Waals surface area contributed by atoms with Crippen molar-refractivity contribution in [2.45, 2.75) is 18.8 Å². The molecule has 0 spiro atoms. The van der Waals surface area contributed by atoms with Gasteiger partial charge in [0, 0.05) is 0 Å². The minimum absolute atomic E-state index is 0.278. The summed E-state index contributed by atoms with van der Waals surface area (Å²) in [6.45, 7) is 5.78. The van der Waals surface area contributed by atoms with Crippen molar-refractivity contribution < 1.29 is 10.2 Å². The summed E-state index contributed by atoms with van der Waals surface area (Å²) >= 11 is 0. The first-order chi connectivity index (χ1) is 15.1. The van der Waals surface area contributed by atoms with Crippen LogP contribution in [0.1, 0.15) is 33.4 Å². The molecule has 0 unspecified atom stereocenters. The smallest absolute Gasteiger partial charge is 0.119 e. The van der Waals surface area contributed by atoms with Gasteiger partial charge in [0.2, 0.25) is 0 Å². The van der Waals surface area contributed by atoms with E-state index < -0.39 is 5.41 Å². The van der Waals surface area contributed by atoms with Gasteiger partial charge >= 0.3 is 0 Å². The molecule has 0 aromatic heterocycles. The van der Waals surface area contributed by atoms with Gasteiger partial charge in [0.1, 0.15) is 11.5 Å². The Labute approximate surface area is 182 Å². The fourth-order valence-corrected chi connectivity index (χ4v) is 5.05. The Bertz CT molecular complexity index is 1270. The topological polar surface area (TPSA) is 40.5 Å². The molecule has 1 aliphatic rings. The SMILES string of the molecule is C=CCc1cc(C2(c3ccc(O)c(C)c3)c3ccccc3-c3ccccc32)ccc1O. The molecule has 4 aromatic rings. The lowest BCUT2D eigenvalue weighted by molar-refractivity contribution is 0.469. The van der Waals surface area contributed by atoms with Crippen molar-refractivity contribution in [1.82, 2.24) is 0 Å². The predicted molar refractivity (Wildman–Crippen MR) is 126 cm³/mol. The number of phenolic OH excluding ortho intramolecular Hbond substituents is 2. The van der Waals surface area contributed by atoms with Gasteiger partial charge in [-0.15, -0.1) is 6.58 Å². The van der Waals surface area contributed by atoms with Crippen LogP contribution in [0.25, 0.3) is 11.1 Å². The molecule has 0 radical (unpaired) electrons. The van der Waals surface area contributed by atoms with Crippen LogP contribution in [0.2, 0.25) is 0 Å². The van der Waals surface area contributed by atoms with Gasteiger partial charge in [-0.3, -0.25) is 0 Å². The molecular formula is C29H24O2. The summed E-state index contributed by atoms with van der Waals surface area (Å²) in [5.74, 6) is 0.566. The lowest BCUT2D eigenvalue weighted by Crippen LogP contribution is -2.28. The number of allylic oxidation sites excluding steroid dienone is 1. The average Bonchev–Trinajstić information content (AvgIpc) is 3.09. The second-order valence-corrected chi connectivity index (χ2v) is 8.18. The van der Waals surface area contributed by atoms with E-state index in [9.17, 15) is 10.2 Å². The third kappa shape index (κ3) is 2.72. The molecule has 0 aliphatic heterocycles. The lowest BCUT2D eigenvalue weighted by Gasteiger charge is -2.34. The Morgan fingerprint density at radius 3 is 1.87 bits per heavy atom. The van der Waals surface area contributed by atoms with Crippen LogP contribution in [-0.4, -0.2) is 10.2 Å². The largest absolute Gasteiger partial charge is 0.508 e. The van der Waals surface area contributed by atoms with E-state index in [1.54, 1.807) is 12.1 Å². The zero-order chi connectivity index (χ0) is 21.6. The third-order valence-electron chi connectivity index (χ3n) is 6.46. The normalized spacial score (nSPS) is 13.5.